The smallest absolute Gasteiger partial charge is 0.220 e. The maximum Gasteiger partial charge on any atom is 0.220 e. The molecule has 0 saturated carbocycles. The Morgan fingerprint density at radius 1 is 1.14 bits per heavy atom. The van der Waals surface area contributed by atoms with Gasteiger partial charge >= 0.3 is 0 Å². The Balaban J connectivity index is 1.60. The van der Waals surface area contributed by atoms with Crippen molar-refractivity contribution in [2.45, 2.75) is 39.5 Å². The molecule has 2 aromatic carbocycles. The van der Waals surface area contributed by atoms with Crippen LogP contribution in [0, 0.1) is 13.8 Å². The molecule has 1 amide bonds. The Bertz CT molecular complexity index is 964. The van der Waals surface area contributed by atoms with Gasteiger partial charge in [0.15, 0.2) is 0 Å². The summed E-state index contributed by atoms with van der Waals surface area (Å²) < 4.78 is 7.24. The van der Waals surface area contributed by atoms with Crippen LogP contribution in [0.25, 0.3) is 5.69 Å². The average Bonchev–Trinajstić information content (AvgIpc) is 3.04. The van der Waals surface area contributed by atoms with Crippen LogP contribution in [0.2, 0.25) is 0 Å². The zero-order valence-corrected chi connectivity index (χ0v) is 17.6. The fraction of sp³-hybridized carbons (Fsp3) is 0.333. The summed E-state index contributed by atoms with van der Waals surface area (Å²) in [5, 5.41) is 7.74. The minimum atomic E-state index is 0.0701. The molecule has 29 heavy (non-hydrogen) atoms. The summed E-state index contributed by atoms with van der Waals surface area (Å²) in [4.78, 5) is 12.4. The molecule has 0 bridgehead atoms. The number of rotatable bonds is 8. The highest BCUT2D eigenvalue weighted by molar-refractivity contribution is 5.76. The third-order valence-electron chi connectivity index (χ3n) is 5.32. The molecule has 5 heteroatoms. The maximum atomic E-state index is 12.4. The molecule has 0 aliphatic carbocycles. The molecule has 5 nitrogen and oxygen atoms in total. The van der Waals surface area contributed by atoms with Crippen molar-refractivity contribution < 1.29 is 9.53 Å². The van der Waals surface area contributed by atoms with Crippen LogP contribution < -0.4 is 10.1 Å². The Morgan fingerprint density at radius 3 is 2.62 bits per heavy atom. The van der Waals surface area contributed by atoms with Gasteiger partial charge in [0.1, 0.15) is 5.75 Å². The van der Waals surface area contributed by atoms with Gasteiger partial charge in [-0.15, -0.1) is 0 Å². The van der Waals surface area contributed by atoms with Gasteiger partial charge in [-0.1, -0.05) is 43.3 Å². The molecule has 1 atom stereocenters. The van der Waals surface area contributed by atoms with E-state index < -0.39 is 0 Å². The number of hydrogen-bond donors (Lipinski definition) is 1. The number of benzene rings is 2. The number of hydrogen-bond acceptors (Lipinski definition) is 3. The number of ether oxygens (including phenoxy) is 1. The highest BCUT2D eigenvalue weighted by Gasteiger charge is 2.15. The quantitative estimate of drug-likeness (QED) is 0.621. The molecule has 1 heterocycles. The monoisotopic (exact) mass is 391 g/mol. The van der Waals surface area contributed by atoms with Crippen LogP contribution in [0.5, 0.6) is 5.75 Å². The van der Waals surface area contributed by atoms with Gasteiger partial charge in [0.2, 0.25) is 5.91 Å². The average molecular weight is 392 g/mol. The summed E-state index contributed by atoms with van der Waals surface area (Å²) in [7, 11) is 1.66. The van der Waals surface area contributed by atoms with Crippen LogP contribution in [-0.4, -0.2) is 29.3 Å². The normalized spacial score (nSPS) is 11.9. The predicted octanol–water partition coefficient (Wildman–Crippen LogP) is 4.35. The molecule has 1 aromatic heterocycles. The third-order valence-corrected chi connectivity index (χ3v) is 5.32. The molecule has 0 radical (unpaired) electrons. The van der Waals surface area contributed by atoms with Gasteiger partial charge in [-0.05, 0) is 49.4 Å². The van der Waals surface area contributed by atoms with Gasteiger partial charge in [-0.2, -0.15) is 5.10 Å². The van der Waals surface area contributed by atoms with Gasteiger partial charge in [-0.3, -0.25) is 4.79 Å². The minimum absolute atomic E-state index is 0.0701. The lowest BCUT2D eigenvalue weighted by atomic mass is 10.0. The molecule has 0 unspecified atom stereocenters. The predicted molar refractivity (Wildman–Crippen MR) is 116 cm³/mol. The first-order chi connectivity index (χ1) is 14.0. The van der Waals surface area contributed by atoms with E-state index in [0.29, 0.717) is 25.3 Å². The number of aryl methyl sites for hydroxylation is 1. The van der Waals surface area contributed by atoms with E-state index in [1.54, 1.807) is 7.11 Å². The van der Waals surface area contributed by atoms with Crippen molar-refractivity contribution >= 4 is 5.91 Å². The van der Waals surface area contributed by atoms with Crippen LogP contribution in [-0.2, 0) is 11.2 Å². The highest BCUT2D eigenvalue weighted by Crippen LogP contribution is 2.22. The van der Waals surface area contributed by atoms with Crippen LogP contribution >= 0.6 is 0 Å². The zero-order valence-electron chi connectivity index (χ0n) is 17.6. The van der Waals surface area contributed by atoms with E-state index in [0.717, 1.165) is 28.4 Å². The van der Waals surface area contributed by atoms with Crippen molar-refractivity contribution in [1.82, 2.24) is 15.1 Å². The first kappa shape index (κ1) is 20.6. The van der Waals surface area contributed by atoms with Crippen molar-refractivity contribution in [3.05, 3.63) is 77.1 Å². The number of carbonyl (C=O) groups excluding carboxylic acids is 1. The Kier molecular flexibility index (Phi) is 6.70. The molecule has 152 valence electrons. The Morgan fingerprint density at radius 2 is 1.90 bits per heavy atom. The minimum Gasteiger partial charge on any atom is -0.497 e. The van der Waals surface area contributed by atoms with Crippen LogP contribution in [0.15, 0.2) is 54.6 Å². The number of carbonyl (C=O) groups is 1. The maximum absolute atomic E-state index is 12.4. The third kappa shape index (κ3) is 5.05. The molecule has 0 aliphatic heterocycles. The van der Waals surface area contributed by atoms with Crippen molar-refractivity contribution in [2.24, 2.45) is 0 Å². The van der Waals surface area contributed by atoms with Gasteiger partial charge in [0.05, 0.1) is 18.5 Å². The molecular formula is C24H29N3O2. The molecule has 3 rings (SSSR count). The van der Waals surface area contributed by atoms with Gasteiger partial charge < -0.3 is 10.1 Å². The van der Waals surface area contributed by atoms with Gasteiger partial charge in [0.25, 0.3) is 0 Å². The summed E-state index contributed by atoms with van der Waals surface area (Å²) in [5.41, 5.74) is 5.33. The number of aromatic nitrogens is 2. The molecule has 0 saturated heterocycles. The molecular weight excluding hydrogens is 362 g/mol. The largest absolute Gasteiger partial charge is 0.497 e. The number of nitrogens with one attached hydrogen (secondary N) is 1. The molecule has 0 fully saturated rings. The second-order valence-corrected chi connectivity index (χ2v) is 7.38. The molecule has 1 N–H and O–H groups in total. The number of amides is 1. The van der Waals surface area contributed by atoms with E-state index in [1.807, 2.05) is 61.0 Å². The summed E-state index contributed by atoms with van der Waals surface area (Å²) in [6, 6.07) is 18.1. The fourth-order valence-corrected chi connectivity index (χ4v) is 3.52. The SMILES string of the molecule is COc1cccc(-n2nc(C)c(CCC(=O)NC[C@H](C)c3ccccc3)c2C)c1. The second-order valence-electron chi connectivity index (χ2n) is 7.38. The van der Waals surface area contributed by atoms with E-state index in [4.69, 9.17) is 4.74 Å². The zero-order chi connectivity index (χ0) is 20.8. The molecule has 3 aromatic rings. The van der Waals surface area contributed by atoms with Crippen molar-refractivity contribution in [3.8, 4) is 11.4 Å². The fourth-order valence-electron chi connectivity index (χ4n) is 3.52. The summed E-state index contributed by atoms with van der Waals surface area (Å²) in [6.07, 6.45) is 1.13. The summed E-state index contributed by atoms with van der Waals surface area (Å²) in [5.74, 6) is 1.16. The Hall–Kier alpha value is -3.08. The summed E-state index contributed by atoms with van der Waals surface area (Å²) in [6.45, 7) is 6.81. The second kappa shape index (κ2) is 9.41. The molecule has 0 aliphatic rings. The van der Waals surface area contributed by atoms with Crippen LogP contribution in [0.3, 0.4) is 0 Å². The number of nitrogens with zero attached hydrogens (tertiary/aromatic N) is 2. The van der Waals surface area contributed by atoms with Crippen LogP contribution in [0.1, 0.15) is 41.8 Å². The number of methoxy groups -OCH3 is 1. The highest BCUT2D eigenvalue weighted by atomic mass is 16.5. The topological polar surface area (TPSA) is 56.2 Å². The first-order valence-corrected chi connectivity index (χ1v) is 10.0. The molecule has 0 spiro atoms. The van der Waals surface area contributed by atoms with E-state index >= 15 is 0 Å². The lowest BCUT2D eigenvalue weighted by Crippen LogP contribution is -2.27. The van der Waals surface area contributed by atoms with Crippen molar-refractivity contribution in [3.63, 3.8) is 0 Å². The van der Waals surface area contributed by atoms with Gasteiger partial charge in [-0.25, -0.2) is 4.68 Å². The van der Waals surface area contributed by atoms with E-state index in [-0.39, 0.29) is 5.91 Å². The van der Waals surface area contributed by atoms with Crippen LogP contribution in [0.4, 0.5) is 0 Å². The standard InChI is InChI=1S/C24H29N3O2/c1-17(20-9-6-5-7-10-20)16-25-24(28)14-13-23-18(2)26-27(19(23)3)21-11-8-12-22(15-21)29-4/h5-12,15,17H,13-14,16H2,1-4H3,(H,25,28)/t17-/m0/s1. The lowest BCUT2D eigenvalue weighted by Gasteiger charge is -2.13. The first-order valence-electron chi connectivity index (χ1n) is 10.0. The van der Waals surface area contributed by atoms with Crippen molar-refractivity contribution in [2.75, 3.05) is 13.7 Å². The summed E-state index contributed by atoms with van der Waals surface area (Å²) >= 11 is 0. The lowest BCUT2D eigenvalue weighted by molar-refractivity contribution is -0.121. The van der Waals surface area contributed by atoms with E-state index in [1.165, 1.54) is 5.56 Å². The van der Waals surface area contributed by atoms with Crippen molar-refractivity contribution in [1.29, 1.82) is 0 Å². The Labute approximate surface area is 172 Å². The van der Waals surface area contributed by atoms with E-state index in [9.17, 15) is 4.79 Å². The van der Waals surface area contributed by atoms with Gasteiger partial charge in [0, 0.05) is 24.7 Å². The van der Waals surface area contributed by atoms with E-state index in [2.05, 4.69) is 29.5 Å².